The largest absolute Gasteiger partial charge is 0.370 e. The number of ether oxygens (including phenoxy) is 1. The SMILES string of the molecule is CONC(=O)COCCN. The average Bonchev–Trinajstić information content (AvgIpc) is 1.89. The van der Waals surface area contributed by atoms with Gasteiger partial charge in [-0.05, 0) is 0 Å². The highest BCUT2D eigenvalue weighted by Crippen LogP contribution is 1.72. The van der Waals surface area contributed by atoms with Crippen molar-refractivity contribution in [3.05, 3.63) is 0 Å². The van der Waals surface area contributed by atoms with Gasteiger partial charge in [-0.25, -0.2) is 5.48 Å². The van der Waals surface area contributed by atoms with Crippen molar-refractivity contribution in [1.82, 2.24) is 5.48 Å². The molecule has 0 radical (unpaired) electrons. The molecular weight excluding hydrogens is 136 g/mol. The van der Waals surface area contributed by atoms with E-state index in [1.54, 1.807) is 0 Å². The Labute approximate surface area is 59.4 Å². The van der Waals surface area contributed by atoms with Crippen LogP contribution in [0.25, 0.3) is 0 Å². The second-order valence-corrected chi connectivity index (χ2v) is 1.57. The van der Waals surface area contributed by atoms with Crippen LogP contribution in [0.4, 0.5) is 0 Å². The highest BCUT2D eigenvalue weighted by atomic mass is 16.6. The van der Waals surface area contributed by atoms with Gasteiger partial charge in [0.1, 0.15) is 6.61 Å². The highest BCUT2D eigenvalue weighted by Gasteiger charge is 1.97. The zero-order chi connectivity index (χ0) is 7.82. The summed E-state index contributed by atoms with van der Waals surface area (Å²) in [6.45, 7) is 0.794. The van der Waals surface area contributed by atoms with Gasteiger partial charge in [-0.1, -0.05) is 0 Å². The fourth-order valence-corrected chi connectivity index (χ4v) is 0.391. The second-order valence-electron chi connectivity index (χ2n) is 1.57. The van der Waals surface area contributed by atoms with E-state index in [0.29, 0.717) is 13.2 Å². The fourth-order valence-electron chi connectivity index (χ4n) is 0.391. The molecule has 5 nitrogen and oxygen atoms in total. The molecule has 5 heteroatoms. The third-order valence-corrected chi connectivity index (χ3v) is 0.711. The number of amides is 1. The van der Waals surface area contributed by atoms with Crippen molar-refractivity contribution in [3.63, 3.8) is 0 Å². The van der Waals surface area contributed by atoms with Crippen molar-refractivity contribution in [2.45, 2.75) is 0 Å². The standard InChI is InChI=1S/C5H12N2O3/c1-9-7-5(8)4-10-3-2-6/h2-4,6H2,1H3,(H,7,8). The van der Waals surface area contributed by atoms with Crippen LogP contribution in [-0.2, 0) is 14.4 Å². The summed E-state index contributed by atoms with van der Waals surface area (Å²) in [5.74, 6) is -0.309. The molecule has 0 fully saturated rings. The lowest BCUT2D eigenvalue weighted by atomic mass is 10.6. The van der Waals surface area contributed by atoms with Gasteiger partial charge >= 0.3 is 0 Å². The molecular formula is C5H12N2O3. The van der Waals surface area contributed by atoms with Gasteiger partial charge in [0, 0.05) is 6.54 Å². The molecule has 0 bridgehead atoms. The van der Waals surface area contributed by atoms with E-state index < -0.39 is 0 Å². The number of rotatable bonds is 5. The molecule has 0 aromatic heterocycles. The van der Waals surface area contributed by atoms with E-state index >= 15 is 0 Å². The Morgan fingerprint density at radius 3 is 2.90 bits per heavy atom. The first-order chi connectivity index (χ1) is 4.81. The van der Waals surface area contributed by atoms with E-state index in [-0.39, 0.29) is 12.5 Å². The van der Waals surface area contributed by atoms with Crippen LogP contribution in [-0.4, -0.2) is 32.8 Å². The van der Waals surface area contributed by atoms with Crippen LogP contribution in [0.1, 0.15) is 0 Å². The molecule has 0 aliphatic rings. The van der Waals surface area contributed by atoms with Crippen LogP contribution in [0.15, 0.2) is 0 Å². The number of nitrogens with two attached hydrogens (primary N) is 1. The van der Waals surface area contributed by atoms with Crippen LogP contribution >= 0.6 is 0 Å². The van der Waals surface area contributed by atoms with Crippen molar-refractivity contribution in [2.75, 3.05) is 26.9 Å². The lowest BCUT2D eigenvalue weighted by molar-refractivity contribution is -0.135. The summed E-state index contributed by atoms with van der Waals surface area (Å²) in [6.07, 6.45) is 0. The summed E-state index contributed by atoms with van der Waals surface area (Å²) in [7, 11) is 1.36. The monoisotopic (exact) mass is 148 g/mol. The predicted molar refractivity (Wildman–Crippen MR) is 35.0 cm³/mol. The predicted octanol–water partition coefficient (Wildman–Crippen LogP) is -1.36. The number of nitrogens with one attached hydrogen (secondary N) is 1. The summed E-state index contributed by atoms with van der Waals surface area (Å²) in [4.78, 5) is 14.8. The lowest BCUT2D eigenvalue weighted by Crippen LogP contribution is -2.27. The number of hydrogen-bond donors (Lipinski definition) is 2. The number of hydrogen-bond acceptors (Lipinski definition) is 4. The molecule has 0 heterocycles. The molecule has 0 aliphatic carbocycles. The van der Waals surface area contributed by atoms with Gasteiger partial charge in [-0.2, -0.15) is 0 Å². The smallest absolute Gasteiger partial charge is 0.269 e. The molecule has 0 spiro atoms. The second kappa shape index (κ2) is 6.47. The minimum absolute atomic E-state index is 0.00889. The lowest BCUT2D eigenvalue weighted by Gasteiger charge is -2.01. The first-order valence-corrected chi connectivity index (χ1v) is 2.91. The molecule has 0 unspecified atom stereocenters. The minimum Gasteiger partial charge on any atom is -0.370 e. The number of hydroxylamine groups is 1. The third-order valence-electron chi connectivity index (χ3n) is 0.711. The molecule has 0 aliphatic heterocycles. The third kappa shape index (κ3) is 5.49. The quantitative estimate of drug-likeness (QED) is 0.373. The Bertz CT molecular complexity index is 96.9. The van der Waals surface area contributed by atoms with E-state index in [1.165, 1.54) is 7.11 Å². The number of carbonyl (C=O) groups excluding carboxylic acids is 1. The normalized spacial score (nSPS) is 9.40. The average molecular weight is 148 g/mol. The molecule has 10 heavy (non-hydrogen) atoms. The van der Waals surface area contributed by atoms with Gasteiger partial charge in [-0.15, -0.1) is 0 Å². The van der Waals surface area contributed by atoms with Gasteiger partial charge in [0.2, 0.25) is 0 Å². The van der Waals surface area contributed by atoms with Crippen LogP contribution in [0.5, 0.6) is 0 Å². The van der Waals surface area contributed by atoms with Gasteiger partial charge < -0.3 is 10.5 Å². The van der Waals surface area contributed by atoms with Crippen LogP contribution in [0.2, 0.25) is 0 Å². The maximum absolute atomic E-state index is 10.5. The summed E-state index contributed by atoms with van der Waals surface area (Å²) in [5, 5.41) is 0. The van der Waals surface area contributed by atoms with Crippen molar-refractivity contribution >= 4 is 5.91 Å². The molecule has 0 aromatic carbocycles. The fraction of sp³-hybridized carbons (Fsp3) is 0.800. The highest BCUT2D eigenvalue weighted by molar-refractivity contribution is 5.75. The Kier molecular flexibility index (Phi) is 6.05. The van der Waals surface area contributed by atoms with Crippen molar-refractivity contribution < 1.29 is 14.4 Å². The summed E-state index contributed by atoms with van der Waals surface area (Å²) in [6, 6.07) is 0. The molecule has 0 saturated carbocycles. The Hall–Kier alpha value is -0.650. The topological polar surface area (TPSA) is 73.6 Å². The molecule has 1 amide bonds. The van der Waals surface area contributed by atoms with Crippen molar-refractivity contribution in [1.29, 1.82) is 0 Å². The van der Waals surface area contributed by atoms with E-state index in [9.17, 15) is 4.79 Å². The summed E-state index contributed by atoms with van der Waals surface area (Å²) in [5.41, 5.74) is 7.20. The maximum Gasteiger partial charge on any atom is 0.269 e. The van der Waals surface area contributed by atoms with Gasteiger partial charge in [0.25, 0.3) is 5.91 Å². The summed E-state index contributed by atoms with van der Waals surface area (Å²) < 4.78 is 4.78. The minimum atomic E-state index is -0.309. The zero-order valence-electron chi connectivity index (χ0n) is 5.92. The van der Waals surface area contributed by atoms with Gasteiger partial charge in [0.05, 0.1) is 13.7 Å². The van der Waals surface area contributed by atoms with E-state index in [1.807, 2.05) is 0 Å². The van der Waals surface area contributed by atoms with Gasteiger partial charge in [-0.3, -0.25) is 9.63 Å². The van der Waals surface area contributed by atoms with E-state index in [2.05, 4.69) is 10.3 Å². The van der Waals surface area contributed by atoms with Crippen LogP contribution in [0, 0.1) is 0 Å². The first kappa shape index (κ1) is 9.35. The molecule has 0 saturated heterocycles. The summed E-state index contributed by atoms with van der Waals surface area (Å²) >= 11 is 0. The first-order valence-electron chi connectivity index (χ1n) is 2.91. The molecule has 3 N–H and O–H groups in total. The van der Waals surface area contributed by atoms with Gasteiger partial charge in [0.15, 0.2) is 0 Å². The molecule has 0 aromatic rings. The maximum atomic E-state index is 10.5. The molecule has 60 valence electrons. The van der Waals surface area contributed by atoms with Crippen molar-refractivity contribution in [2.24, 2.45) is 5.73 Å². The van der Waals surface area contributed by atoms with Crippen LogP contribution in [0.3, 0.4) is 0 Å². The Balaban J connectivity index is 3.05. The Morgan fingerprint density at radius 1 is 1.70 bits per heavy atom. The number of carbonyl (C=O) groups is 1. The Morgan fingerprint density at radius 2 is 2.40 bits per heavy atom. The van der Waals surface area contributed by atoms with E-state index in [0.717, 1.165) is 0 Å². The van der Waals surface area contributed by atoms with Crippen LogP contribution < -0.4 is 11.2 Å². The molecule has 0 rings (SSSR count). The van der Waals surface area contributed by atoms with Crippen molar-refractivity contribution in [3.8, 4) is 0 Å². The zero-order valence-corrected chi connectivity index (χ0v) is 5.92. The molecule has 0 atom stereocenters. The van der Waals surface area contributed by atoms with E-state index in [4.69, 9.17) is 10.5 Å².